The molecule has 0 saturated carbocycles. The van der Waals surface area contributed by atoms with E-state index in [0.717, 1.165) is 41.6 Å². The highest BCUT2D eigenvalue weighted by Crippen LogP contribution is 2.27. The zero-order chi connectivity index (χ0) is 26.2. The number of benzene rings is 3. The quantitative estimate of drug-likeness (QED) is 0.409. The smallest absolute Gasteiger partial charge is 0.324 e. The van der Waals surface area contributed by atoms with E-state index in [1.807, 2.05) is 64.8 Å². The Hall–Kier alpha value is -4.07. The third-order valence-corrected chi connectivity index (χ3v) is 6.36. The number of hydrogen-bond acceptors (Lipinski definition) is 3. The average molecular weight is 506 g/mol. The number of hydrogen-bond donors (Lipinski definition) is 1. The van der Waals surface area contributed by atoms with Gasteiger partial charge in [0.05, 0.1) is 13.1 Å². The number of amides is 3. The molecule has 6 nitrogen and oxygen atoms in total. The Morgan fingerprint density at radius 1 is 0.838 bits per heavy atom. The number of anilines is 1. The van der Waals surface area contributed by atoms with E-state index in [2.05, 4.69) is 0 Å². The van der Waals surface area contributed by atoms with E-state index < -0.39 is 24.7 Å². The predicted octanol–water partition coefficient (Wildman–Crippen LogP) is 5.53. The summed E-state index contributed by atoms with van der Waals surface area (Å²) in [5.41, 5.74) is 3.92. The van der Waals surface area contributed by atoms with Gasteiger partial charge in [-0.3, -0.25) is 14.5 Å². The average Bonchev–Trinajstić information content (AvgIpc) is 2.95. The van der Waals surface area contributed by atoms with Crippen LogP contribution in [-0.2, 0) is 11.3 Å². The molecule has 0 aromatic heterocycles. The third kappa shape index (κ3) is 6.78. The van der Waals surface area contributed by atoms with Crippen molar-refractivity contribution in [2.75, 3.05) is 24.5 Å². The molecular formula is C29H29F2N3O3. The lowest BCUT2D eigenvalue weighted by atomic mass is 10.0. The molecule has 3 aromatic rings. The van der Waals surface area contributed by atoms with Gasteiger partial charge in [0.1, 0.15) is 0 Å². The standard InChI is InChI=1S/C29H29F2N3O3/c30-27(31)28(36)32-19-26(35)23-14-12-21(13-15-23)20-34(29(37)33-16-5-2-6-17-33)25-11-7-10-24(18-25)22-8-3-1-4-9-22/h1,3-4,7-15,18,27H,2,5-6,16-17,19-20H2,(H,32,36). The number of Topliss-reactive ketones (excluding diaryl/α,β-unsaturated/α-hetero) is 1. The van der Waals surface area contributed by atoms with Crippen molar-refractivity contribution in [3.63, 3.8) is 0 Å². The predicted molar refractivity (Wildman–Crippen MR) is 139 cm³/mol. The van der Waals surface area contributed by atoms with Gasteiger partial charge in [-0.05, 0) is 48.1 Å². The van der Waals surface area contributed by atoms with Crippen LogP contribution in [0.1, 0.15) is 35.2 Å². The van der Waals surface area contributed by atoms with E-state index in [1.54, 1.807) is 29.2 Å². The van der Waals surface area contributed by atoms with E-state index in [9.17, 15) is 23.2 Å². The van der Waals surface area contributed by atoms with E-state index in [4.69, 9.17) is 0 Å². The Labute approximate surface area is 214 Å². The molecule has 0 spiro atoms. The highest BCUT2D eigenvalue weighted by Gasteiger charge is 2.24. The van der Waals surface area contributed by atoms with Gasteiger partial charge in [0.15, 0.2) is 5.78 Å². The lowest BCUT2D eigenvalue weighted by molar-refractivity contribution is -0.131. The van der Waals surface area contributed by atoms with Crippen LogP contribution in [0.15, 0.2) is 78.9 Å². The Bertz CT molecular complexity index is 1230. The van der Waals surface area contributed by atoms with E-state index >= 15 is 0 Å². The van der Waals surface area contributed by atoms with E-state index in [0.29, 0.717) is 25.2 Å². The normalized spacial score (nSPS) is 13.3. The number of carbonyl (C=O) groups excluding carboxylic acids is 3. The van der Waals surface area contributed by atoms with Crippen LogP contribution in [0.4, 0.5) is 19.3 Å². The first-order valence-electron chi connectivity index (χ1n) is 12.3. The highest BCUT2D eigenvalue weighted by atomic mass is 19.3. The van der Waals surface area contributed by atoms with Crippen molar-refractivity contribution < 1.29 is 23.2 Å². The zero-order valence-electron chi connectivity index (χ0n) is 20.4. The molecule has 3 amide bonds. The summed E-state index contributed by atoms with van der Waals surface area (Å²) in [4.78, 5) is 40.6. The molecule has 3 aromatic carbocycles. The summed E-state index contributed by atoms with van der Waals surface area (Å²) in [7, 11) is 0. The molecule has 4 rings (SSSR count). The largest absolute Gasteiger partial charge is 0.344 e. The number of nitrogens with one attached hydrogen (secondary N) is 1. The van der Waals surface area contributed by atoms with Crippen LogP contribution < -0.4 is 10.2 Å². The summed E-state index contributed by atoms with van der Waals surface area (Å²) >= 11 is 0. The minimum Gasteiger partial charge on any atom is -0.344 e. The summed E-state index contributed by atoms with van der Waals surface area (Å²) in [6, 6.07) is 24.4. The maximum absolute atomic E-state index is 13.6. The van der Waals surface area contributed by atoms with Crippen molar-refractivity contribution in [3.05, 3.63) is 90.0 Å². The van der Waals surface area contributed by atoms with Crippen LogP contribution in [0, 0.1) is 0 Å². The zero-order valence-corrected chi connectivity index (χ0v) is 20.4. The molecular weight excluding hydrogens is 476 g/mol. The number of piperidine rings is 1. The second kappa shape index (κ2) is 12.3. The van der Waals surface area contributed by atoms with Crippen LogP contribution in [-0.4, -0.2) is 48.7 Å². The summed E-state index contributed by atoms with van der Waals surface area (Å²) in [5, 5.41) is 1.92. The Kier molecular flexibility index (Phi) is 8.61. The first-order chi connectivity index (χ1) is 17.9. The van der Waals surface area contributed by atoms with Crippen molar-refractivity contribution in [3.8, 4) is 11.1 Å². The van der Waals surface area contributed by atoms with Gasteiger partial charge in [-0.2, -0.15) is 8.78 Å². The summed E-state index contributed by atoms with van der Waals surface area (Å²) in [6.07, 6.45) is -0.106. The first-order valence-corrected chi connectivity index (χ1v) is 12.3. The monoisotopic (exact) mass is 505 g/mol. The molecule has 37 heavy (non-hydrogen) atoms. The van der Waals surface area contributed by atoms with Gasteiger partial charge in [-0.1, -0.05) is 66.7 Å². The number of alkyl halides is 2. The van der Waals surface area contributed by atoms with Crippen LogP contribution in [0.2, 0.25) is 0 Å². The summed E-state index contributed by atoms with van der Waals surface area (Å²) in [6.45, 7) is 1.22. The van der Waals surface area contributed by atoms with Gasteiger partial charge in [-0.25, -0.2) is 4.79 Å². The lowest BCUT2D eigenvalue weighted by Crippen LogP contribution is -2.45. The van der Waals surface area contributed by atoms with E-state index in [1.165, 1.54) is 0 Å². The molecule has 1 saturated heterocycles. The molecule has 1 fully saturated rings. The molecule has 1 heterocycles. The lowest BCUT2D eigenvalue weighted by Gasteiger charge is -2.33. The molecule has 1 aliphatic heterocycles. The van der Waals surface area contributed by atoms with Crippen molar-refractivity contribution >= 4 is 23.4 Å². The molecule has 0 atom stereocenters. The summed E-state index contributed by atoms with van der Waals surface area (Å²) < 4.78 is 24.7. The van der Waals surface area contributed by atoms with E-state index in [-0.39, 0.29) is 6.03 Å². The fourth-order valence-corrected chi connectivity index (χ4v) is 4.33. The van der Waals surface area contributed by atoms with Gasteiger partial charge < -0.3 is 10.2 Å². The first kappa shape index (κ1) is 26.0. The van der Waals surface area contributed by atoms with Crippen molar-refractivity contribution in [1.82, 2.24) is 10.2 Å². The van der Waals surface area contributed by atoms with Crippen LogP contribution in [0.25, 0.3) is 11.1 Å². The number of likely N-dealkylation sites (tertiary alicyclic amines) is 1. The summed E-state index contributed by atoms with van der Waals surface area (Å²) in [5.74, 6) is -1.95. The maximum Gasteiger partial charge on any atom is 0.324 e. The molecule has 1 aliphatic rings. The van der Waals surface area contributed by atoms with Crippen LogP contribution in [0.3, 0.4) is 0 Å². The Morgan fingerprint density at radius 2 is 1.51 bits per heavy atom. The number of rotatable bonds is 8. The number of carbonyl (C=O) groups is 3. The van der Waals surface area contributed by atoms with Crippen molar-refractivity contribution in [1.29, 1.82) is 0 Å². The molecule has 0 radical (unpaired) electrons. The second-order valence-corrected chi connectivity index (χ2v) is 8.97. The Morgan fingerprint density at radius 3 is 2.19 bits per heavy atom. The number of nitrogens with zero attached hydrogens (tertiary/aromatic N) is 2. The number of ketones is 1. The second-order valence-electron chi connectivity index (χ2n) is 8.97. The van der Waals surface area contributed by atoms with Gasteiger partial charge in [0.25, 0.3) is 5.91 Å². The van der Waals surface area contributed by atoms with Gasteiger partial charge >= 0.3 is 12.5 Å². The van der Waals surface area contributed by atoms with Gasteiger partial charge in [0.2, 0.25) is 0 Å². The van der Waals surface area contributed by atoms with Gasteiger partial charge in [-0.15, -0.1) is 0 Å². The molecule has 0 aliphatic carbocycles. The number of halogens is 2. The fourth-order valence-electron chi connectivity index (χ4n) is 4.33. The fraction of sp³-hybridized carbons (Fsp3) is 0.276. The maximum atomic E-state index is 13.6. The topological polar surface area (TPSA) is 69.7 Å². The molecule has 0 unspecified atom stereocenters. The third-order valence-electron chi connectivity index (χ3n) is 6.36. The van der Waals surface area contributed by atoms with Crippen molar-refractivity contribution in [2.24, 2.45) is 0 Å². The molecule has 8 heteroatoms. The molecule has 192 valence electrons. The minimum absolute atomic E-state index is 0.0697. The van der Waals surface area contributed by atoms with Crippen LogP contribution >= 0.6 is 0 Å². The molecule has 1 N–H and O–H groups in total. The molecule has 0 bridgehead atoms. The number of urea groups is 1. The SMILES string of the molecule is O=C(CNC(=O)C(F)F)c1ccc(CN(C(=O)N2CCCCC2)c2cccc(-c3ccccc3)c2)cc1. The minimum atomic E-state index is -3.17. The van der Waals surface area contributed by atoms with Gasteiger partial charge in [0, 0.05) is 24.3 Å². The Balaban J connectivity index is 1.55. The highest BCUT2D eigenvalue weighted by molar-refractivity contribution is 5.99. The van der Waals surface area contributed by atoms with Crippen molar-refractivity contribution in [2.45, 2.75) is 32.2 Å². The van der Waals surface area contributed by atoms with Crippen LogP contribution in [0.5, 0.6) is 0 Å².